The summed E-state index contributed by atoms with van der Waals surface area (Å²) < 4.78 is 15.3. The number of aromatic hydroxyl groups is 9. The third-order valence-electron chi connectivity index (χ3n) is 6.66. The van der Waals surface area contributed by atoms with Gasteiger partial charge in [-0.15, -0.1) is 0 Å². The van der Waals surface area contributed by atoms with Crippen molar-refractivity contribution in [1.29, 1.82) is 0 Å². The summed E-state index contributed by atoms with van der Waals surface area (Å²) in [4.78, 5) is 51.3. The molecule has 4 atom stereocenters. The van der Waals surface area contributed by atoms with Crippen LogP contribution >= 0.6 is 0 Å². The lowest BCUT2D eigenvalue weighted by atomic mass is 9.92. The van der Waals surface area contributed by atoms with Crippen molar-refractivity contribution in [1.82, 2.24) is 0 Å². The van der Waals surface area contributed by atoms with Crippen LogP contribution in [0.5, 0.6) is 51.7 Å². The van der Waals surface area contributed by atoms with Crippen LogP contribution < -0.4 is 0 Å². The molecule has 4 rings (SSSR count). The molecule has 1 heterocycles. The van der Waals surface area contributed by atoms with Gasteiger partial charge >= 0.3 is 23.9 Å². The third-order valence-corrected chi connectivity index (χ3v) is 6.66. The third kappa shape index (κ3) is 5.65. The van der Waals surface area contributed by atoms with Gasteiger partial charge in [0.2, 0.25) is 11.5 Å². The topological polar surface area (TPSA) is 339 Å². The molecule has 3 aromatic rings. The van der Waals surface area contributed by atoms with Gasteiger partial charge in [0.1, 0.15) is 12.7 Å². The molecule has 0 amide bonds. The molecule has 0 saturated heterocycles. The number of aliphatic hydroxyl groups excluding tert-OH is 2. The average molecular weight is 650 g/mol. The highest BCUT2D eigenvalue weighted by Gasteiger charge is 2.44. The van der Waals surface area contributed by atoms with Crippen molar-refractivity contribution >= 4 is 23.9 Å². The number of hydrogen-bond donors (Lipinski definition) is 12. The number of cyclic esters (lactones) is 2. The van der Waals surface area contributed by atoms with E-state index in [2.05, 4.69) is 0 Å². The van der Waals surface area contributed by atoms with E-state index in [1.54, 1.807) is 0 Å². The van der Waals surface area contributed by atoms with Crippen molar-refractivity contribution in [2.24, 2.45) is 0 Å². The fourth-order valence-corrected chi connectivity index (χ4v) is 4.35. The minimum Gasteiger partial charge on any atom is -0.504 e. The van der Waals surface area contributed by atoms with Crippen LogP contribution in [-0.2, 0) is 19.0 Å². The zero-order chi connectivity index (χ0) is 34.4. The molecule has 0 aromatic heterocycles. The molecule has 1 unspecified atom stereocenters. The van der Waals surface area contributed by atoms with Crippen molar-refractivity contribution in [3.63, 3.8) is 0 Å². The zero-order valence-electron chi connectivity index (χ0n) is 22.6. The molecule has 3 aromatic carbocycles. The molecule has 0 radical (unpaired) electrons. The van der Waals surface area contributed by atoms with Crippen LogP contribution in [-0.4, -0.2) is 116 Å². The van der Waals surface area contributed by atoms with Gasteiger partial charge in [-0.3, -0.25) is 0 Å². The van der Waals surface area contributed by atoms with Gasteiger partial charge in [0.05, 0.1) is 16.7 Å². The van der Waals surface area contributed by atoms with Crippen LogP contribution in [0.25, 0.3) is 11.1 Å². The lowest BCUT2D eigenvalue weighted by Crippen LogP contribution is -2.52. The van der Waals surface area contributed by atoms with E-state index in [0.717, 1.165) is 0 Å². The van der Waals surface area contributed by atoms with E-state index in [-0.39, 0.29) is 0 Å². The Morgan fingerprint density at radius 1 is 0.696 bits per heavy atom. The molecule has 244 valence electrons. The van der Waals surface area contributed by atoms with Crippen molar-refractivity contribution in [2.45, 2.75) is 24.4 Å². The zero-order valence-corrected chi connectivity index (χ0v) is 22.6. The summed E-state index contributed by atoms with van der Waals surface area (Å²) in [7, 11) is 0. The molecule has 19 nitrogen and oxygen atoms in total. The van der Waals surface area contributed by atoms with Crippen molar-refractivity contribution in [3.8, 4) is 62.9 Å². The molecular weight excluding hydrogens is 628 g/mol. The molecule has 0 aliphatic carbocycles. The highest BCUT2D eigenvalue weighted by molar-refractivity contribution is 6.08. The number of carboxylic acids is 1. The first-order valence-corrected chi connectivity index (χ1v) is 12.4. The lowest BCUT2D eigenvalue weighted by Gasteiger charge is -2.31. The maximum absolute atomic E-state index is 13.5. The molecule has 0 saturated carbocycles. The Kier molecular flexibility index (Phi) is 8.48. The van der Waals surface area contributed by atoms with Crippen molar-refractivity contribution in [2.75, 3.05) is 6.61 Å². The van der Waals surface area contributed by atoms with Crippen molar-refractivity contribution < 1.29 is 94.7 Å². The summed E-state index contributed by atoms with van der Waals surface area (Å²) in [6, 6.07) is 2.05. The van der Waals surface area contributed by atoms with E-state index in [1.165, 1.54) is 0 Å². The summed E-state index contributed by atoms with van der Waals surface area (Å²) in [5.74, 6) is -17.9. The number of aliphatic hydroxyl groups is 2. The van der Waals surface area contributed by atoms with Gasteiger partial charge < -0.3 is 75.5 Å². The second-order valence-electron chi connectivity index (χ2n) is 9.58. The van der Waals surface area contributed by atoms with Crippen LogP contribution in [0.3, 0.4) is 0 Å². The maximum atomic E-state index is 13.5. The Bertz CT molecular complexity index is 1760. The summed E-state index contributed by atoms with van der Waals surface area (Å²) >= 11 is 0. The van der Waals surface area contributed by atoms with Crippen LogP contribution in [0.2, 0.25) is 0 Å². The number of fused-ring (bicyclic) bond motifs is 3. The molecule has 1 aliphatic rings. The smallest absolute Gasteiger partial charge is 0.339 e. The second kappa shape index (κ2) is 12.0. The molecule has 19 heteroatoms. The SMILES string of the molecule is O=C(OC1COC(=O)c2cc(O)c(O)c(O)c2-c2c(cc(O)c(O)c2O)C(=O)O[C@H]1[C@H](O)[C@@H](O)C(=O)O)c1cc(O)c(O)c(O)c1. The Morgan fingerprint density at radius 3 is 1.63 bits per heavy atom. The first-order valence-electron chi connectivity index (χ1n) is 12.4. The molecule has 0 fully saturated rings. The second-order valence-corrected chi connectivity index (χ2v) is 9.58. The summed E-state index contributed by atoms with van der Waals surface area (Å²) in [5, 5.41) is 121. The monoisotopic (exact) mass is 650 g/mol. The predicted octanol–water partition coefficient (Wildman–Crippen LogP) is -0.568. The normalized spacial score (nSPS) is 17.7. The number of aliphatic carboxylic acids is 1. The van der Waals surface area contributed by atoms with Crippen LogP contribution in [0.4, 0.5) is 0 Å². The minimum absolute atomic E-state index is 0.406. The van der Waals surface area contributed by atoms with E-state index in [9.17, 15) is 80.5 Å². The fourth-order valence-electron chi connectivity index (χ4n) is 4.35. The standard InChI is InChI=1S/C27H22O19/c28-9-1-6(2-10(29)16(9)32)25(41)45-13-5-44-26(42)7-3-11(30)17(33)19(35)14(7)15-8(4-12(31)18(34)20(15)36)27(43)46-23(13)21(37)22(38)24(39)40/h1-4,13,21-23,28-38H,5H2,(H,39,40)/t13?,21-,22-,23-/m1/s1. The largest absolute Gasteiger partial charge is 0.504 e. The number of carbonyl (C=O) groups is 4. The highest BCUT2D eigenvalue weighted by Crippen LogP contribution is 2.52. The molecule has 0 bridgehead atoms. The number of carboxylic acid groups (broad SMARTS) is 1. The number of carbonyl (C=O) groups excluding carboxylic acids is 3. The molecule has 0 spiro atoms. The Balaban J connectivity index is 1.96. The molecule has 1 aliphatic heterocycles. The number of benzene rings is 3. The first-order chi connectivity index (χ1) is 21.5. The van der Waals surface area contributed by atoms with E-state index in [0.29, 0.717) is 24.3 Å². The van der Waals surface area contributed by atoms with Gasteiger partial charge in [-0.25, -0.2) is 19.2 Å². The van der Waals surface area contributed by atoms with Crippen LogP contribution in [0.1, 0.15) is 31.1 Å². The number of hydrogen-bond acceptors (Lipinski definition) is 18. The minimum atomic E-state index is -2.79. The Hall–Kier alpha value is -6.34. The lowest BCUT2D eigenvalue weighted by molar-refractivity contribution is -0.165. The Labute approximate surface area is 253 Å². The summed E-state index contributed by atoms with van der Waals surface area (Å²) in [5.41, 5.74) is -4.75. The number of ether oxygens (including phenoxy) is 3. The maximum Gasteiger partial charge on any atom is 0.339 e. The average Bonchev–Trinajstić information content (AvgIpc) is 3.01. The van der Waals surface area contributed by atoms with E-state index in [1.807, 2.05) is 0 Å². The van der Waals surface area contributed by atoms with E-state index in [4.69, 9.17) is 14.2 Å². The van der Waals surface area contributed by atoms with Crippen molar-refractivity contribution in [3.05, 3.63) is 41.0 Å². The quantitative estimate of drug-likeness (QED) is 0.0934. The van der Waals surface area contributed by atoms with Gasteiger partial charge in [0, 0.05) is 11.1 Å². The molecule has 12 N–H and O–H groups in total. The van der Waals surface area contributed by atoms with E-state index < -0.39 is 134 Å². The Morgan fingerprint density at radius 2 is 1.15 bits per heavy atom. The first kappa shape index (κ1) is 32.6. The van der Waals surface area contributed by atoms with Gasteiger partial charge in [-0.1, -0.05) is 0 Å². The number of phenols is 9. The van der Waals surface area contributed by atoms with Crippen LogP contribution in [0.15, 0.2) is 24.3 Å². The summed E-state index contributed by atoms with van der Waals surface area (Å²) in [6.45, 7) is -1.29. The summed E-state index contributed by atoms with van der Waals surface area (Å²) in [6.07, 6.45) is -10.3. The number of phenolic OH excluding ortho intramolecular Hbond substituents is 9. The van der Waals surface area contributed by atoms with Gasteiger partial charge in [0.25, 0.3) is 0 Å². The highest BCUT2D eigenvalue weighted by atomic mass is 16.6. The van der Waals surface area contributed by atoms with E-state index >= 15 is 0 Å². The molecule has 46 heavy (non-hydrogen) atoms. The molecular formula is C27H22O19. The number of rotatable bonds is 5. The van der Waals surface area contributed by atoms with Gasteiger partial charge in [-0.05, 0) is 24.3 Å². The number of esters is 3. The predicted molar refractivity (Wildman–Crippen MR) is 142 cm³/mol. The van der Waals surface area contributed by atoms with Gasteiger partial charge in [-0.2, -0.15) is 0 Å². The van der Waals surface area contributed by atoms with Crippen LogP contribution in [0, 0.1) is 0 Å². The van der Waals surface area contributed by atoms with Gasteiger partial charge in [0.15, 0.2) is 58.6 Å². The fraction of sp³-hybridized carbons (Fsp3) is 0.185.